The van der Waals surface area contributed by atoms with Gasteiger partial charge < -0.3 is 19.2 Å². The van der Waals surface area contributed by atoms with E-state index < -0.39 is 5.97 Å². The van der Waals surface area contributed by atoms with E-state index in [-0.39, 0.29) is 12.4 Å². The maximum absolute atomic E-state index is 12.3. The van der Waals surface area contributed by atoms with E-state index in [1.165, 1.54) is 14.2 Å². The topological polar surface area (TPSA) is 90.5 Å². The number of carbonyl (C=O) groups is 2. The number of nitrogens with one attached hydrogen (secondary N) is 1. The van der Waals surface area contributed by atoms with Crippen LogP contribution >= 0.6 is 0 Å². The maximum Gasteiger partial charge on any atom is 0.338 e. The summed E-state index contributed by atoms with van der Waals surface area (Å²) in [6.45, 7) is -0.367. The highest BCUT2D eigenvalue weighted by Gasteiger charge is 2.14. The van der Waals surface area contributed by atoms with Gasteiger partial charge in [-0.05, 0) is 30.3 Å². The van der Waals surface area contributed by atoms with Crippen molar-refractivity contribution < 1.29 is 23.8 Å². The number of imidazole rings is 1. The van der Waals surface area contributed by atoms with Crippen molar-refractivity contribution in [3.8, 4) is 22.9 Å². The lowest BCUT2D eigenvalue weighted by molar-refractivity contribution is 0.0474. The third-order valence-corrected chi connectivity index (χ3v) is 3.93. The van der Waals surface area contributed by atoms with E-state index in [1.807, 2.05) is 0 Å². The minimum absolute atomic E-state index is 0.337. The summed E-state index contributed by atoms with van der Waals surface area (Å²) in [5.74, 6) is 0.746. The number of nitrogens with zero attached hydrogens (tertiary/aromatic N) is 1. The molecule has 0 fully saturated rings. The average molecular weight is 366 g/mol. The molecule has 0 amide bonds. The SMILES string of the molecule is COc1ccc(C(=O)COC(=O)c2ccc(-c3ncc[nH]3)cc2)cc1OC. The van der Waals surface area contributed by atoms with Gasteiger partial charge in [0.1, 0.15) is 5.82 Å². The van der Waals surface area contributed by atoms with Crippen LogP contribution in [0.2, 0.25) is 0 Å². The molecule has 1 heterocycles. The average Bonchev–Trinajstić information content (AvgIpc) is 3.26. The summed E-state index contributed by atoms with van der Waals surface area (Å²) in [6.07, 6.45) is 3.37. The van der Waals surface area contributed by atoms with Crippen LogP contribution in [-0.2, 0) is 4.74 Å². The summed E-state index contributed by atoms with van der Waals surface area (Å²) in [5.41, 5.74) is 1.57. The standard InChI is InChI=1S/C20H18N2O5/c1-25-17-8-7-15(11-18(17)26-2)16(23)12-27-20(24)14-5-3-13(4-6-14)19-21-9-10-22-19/h3-11H,12H2,1-2H3,(H,21,22). The van der Waals surface area contributed by atoms with Gasteiger partial charge in [-0.1, -0.05) is 12.1 Å². The van der Waals surface area contributed by atoms with Crippen LogP contribution in [0.1, 0.15) is 20.7 Å². The number of methoxy groups -OCH3 is 2. The van der Waals surface area contributed by atoms with Crippen molar-refractivity contribution in [1.82, 2.24) is 9.97 Å². The maximum atomic E-state index is 12.3. The number of Topliss-reactive ketones (excluding diaryl/α,β-unsaturated/α-hetero) is 1. The Labute approximate surface area is 155 Å². The predicted molar refractivity (Wildman–Crippen MR) is 98.2 cm³/mol. The monoisotopic (exact) mass is 366 g/mol. The van der Waals surface area contributed by atoms with Gasteiger partial charge in [0.2, 0.25) is 0 Å². The van der Waals surface area contributed by atoms with Crippen LogP contribution in [0.4, 0.5) is 0 Å². The number of esters is 1. The number of hydrogen-bond donors (Lipinski definition) is 1. The summed E-state index contributed by atoms with van der Waals surface area (Å²) in [5, 5.41) is 0. The number of benzene rings is 2. The lowest BCUT2D eigenvalue weighted by atomic mass is 10.1. The van der Waals surface area contributed by atoms with Gasteiger partial charge >= 0.3 is 5.97 Å². The van der Waals surface area contributed by atoms with Gasteiger partial charge in [-0.3, -0.25) is 4.79 Å². The van der Waals surface area contributed by atoms with Gasteiger partial charge in [-0.25, -0.2) is 9.78 Å². The first-order valence-electron chi connectivity index (χ1n) is 8.14. The molecule has 2 aromatic carbocycles. The lowest BCUT2D eigenvalue weighted by Gasteiger charge is -2.09. The normalized spacial score (nSPS) is 10.3. The van der Waals surface area contributed by atoms with Gasteiger partial charge in [0, 0.05) is 23.5 Å². The van der Waals surface area contributed by atoms with Crippen molar-refractivity contribution in [2.24, 2.45) is 0 Å². The number of aromatic amines is 1. The van der Waals surface area contributed by atoms with Gasteiger partial charge in [0.15, 0.2) is 23.9 Å². The van der Waals surface area contributed by atoms with E-state index in [2.05, 4.69) is 9.97 Å². The van der Waals surface area contributed by atoms with Gasteiger partial charge in [-0.15, -0.1) is 0 Å². The zero-order valence-electron chi connectivity index (χ0n) is 14.9. The van der Waals surface area contributed by atoms with E-state index >= 15 is 0 Å². The molecule has 0 aliphatic rings. The van der Waals surface area contributed by atoms with Gasteiger partial charge in [0.05, 0.1) is 19.8 Å². The zero-order chi connectivity index (χ0) is 19.2. The second kappa shape index (κ2) is 8.18. The van der Waals surface area contributed by atoms with Crippen LogP contribution in [0.25, 0.3) is 11.4 Å². The molecular weight excluding hydrogens is 348 g/mol. The van der Waals surface area contributed by atoms with Crippen molar-refractivity contribution in [3.63, 3.8) is 0 Å². The molecule has 138 valence electrons. The van der Waals surface area contributed by atoms with Crippen LogP contribution in [0.15, 0.2) is 54.9 Å². The molecule has 0 bridgehead atoms. The first-order chi connectivity index (χ1) is 13.1. The molecule has 7 heteroatoms. The van der Waals surface area contributed by atoms with Crippen LogP contribution in [0.5, 0.6) is 11.5 Å². The molecule has 0 atom stereocenters. The molecule has 1 aromatic heterocycles. The van der Waals surface area contributed by atoms with Gasteiger partial charge in [0.25, 0.3) is 0 Å². The number of H-pyrrole nitrogens is 1. The van der Waals surface area contributed by atoms with Gasteiger partial charge in [-0.2, -0.15) is 0 Å². The van der Waals surface area contributed by atoms with E-state index in [0.717, 1.165) is 5.56 Å². The third kappa shape index (κ3) is 4.14. The molecule has 0 spiro atoms. The second-order valence-corrected chi connectivity index (χ2v) is 5.58. The molecule has 0 saturated heterocycles. The number of aromatic nitrogens is 2. The van der Waals surface area contributed by atoms with Crippen molar-refractivity contribution in [2.75, 3.05) is 20.8 Å². The minimum atomic E-state index is -0.574. The van der Waals surface area contributed by atoms with Crippen molar-refractivity contribution in [1.29, 1.82) is 0 Å². The molecule has 0 aliphatic heterocycles. The number of rotatable bonds is 7. The fraction of sp³-hybridized carbons (Fsp3) is 0.150. The summed E-state index contributed by atoms with van der Waals surface area (Å²) in [4.78, 5) is 31.6. The summed E-state index contributed by atoms with van der Waals surface area (Å²) >= 11 is 0. The first-order valence-corrected chi connectivity index (χ1v) is 8.14. The minimum Gasteiger partial charge on any atom is -0.493 e. The molecule has 27 heavy (non-hydrogen) atoms. The van der Waals surface area contributed by atoms with E-state index in [0.29, 0.717) is 28.5 Å². The quantitative estimate of drug-likeness (QED) is 0.510. The molecule has 7 nitrogen and oxygen atoms in total. The largest absolute Gasteiger partial charge is 0.493 e. The number of ketones is 1. The van der Waals surface area contributed by atoms with Crippen LogP contribution in [-0.4, -0.2) is 42.5 Å². The molecule has 3 rings (SSSR count). The predicted octanol–water partition coefficient (Wildman–Crippen LogP) is 3.13. The summed E-state index contributed by atoms with van der Waals surface area (Å²) < 4.78 is 15.4. The molecular formula is C20H18N2O5. The van der Waals surface area contributed by atoms with Crippen molar-refractivity contribution in [2.45, 2.75) is 0 Å². The van der Waals surface area contributed by atoms with Crippen LogP contribution < -0.4 is 9.47 Å². The Balaban J connectivity index is 1.62. The molecule has 0 radical (unpaired) electrons. The number of ether oxygens (including phenoxy) is 3. The molecule has 0 aliphatic carbocycles. The summed E-state index contributed by atoms with van der Waals surface area (Å²) in [6, 6.07) is 11.5. The summed E-state index contributed by atoms with van der Waals surface area (Å²) in [7, 11) is 3.00. The fourth-order valence-electron chi connectivity index (χ4n) is 2.49. The van der Waals surface area contributed by atoms with Crippen molar-refractivity contribution >= 4 is 11.8 Å². The fourth-order valence-corrected chi connectivity index (χ4v) is 2.49. The highest BCUT2D eigenvalue weighted by molar-refractivity contribution is 5.99. The number of hydrogen-bond acceptors (Lipinski definition) is 6. The Hall–Kier alpha value is -3.61. The molecule has 0 saturated carbocycles. The van der Waals surface area contributed by atoms with E-state index in [1.54, 1.807) is 54.9 Å². The molecule has 0 unspecified atom stereocenters. The Morgan fingerprint density at radius 1 is 0.963 bits per heavy atom. The molecule has 3 aromatic rings. The third-order valence-electron chi connectivity index (χ3n) is 3.93. The smallest absolute Gasteiger partial charge is 0.338 e. The van der Waals surface area contributed by atoms with Crippen LogP contribution in [0.3, 0.4) is 0 Å². The second-order valence-electron chi connectivity index (χ2n) is 5.58. The number of carbonyl (C=O) groups excluding carboxylic acids is 2. The van der Waals surface area contributed by atoms with Crippen molar-refractivity contribution in [3.05, 3.63) is 66.0 Å². The lowest BCUT2D eigenvalue weighted by Crippen LogP contribution is -2.14. The Morgan fingerprint density at radius 3 is 2.30 bits per heavy atom. The highest BCUT2D eigenvalue weighted by Crippen LogP contribution is 2.27. The van der Waals surface area contributed by atoms with E-state index in [9.17, 15) is 9.59 Å². The zero-order valence-corrected chi connectivity index (χ0v) is 14.9. The Bertz CT molecular complexity index is 934. The van der Waals surface area contributed by atoms with Crippen LogP contribution in [0, 0.1) is 0 Å². The Kier molecular flexibility index (Phi) is 5.51. The van der Waals surface area contributed by atoms with E-state index in [4.69, 9.17) is 14.2 Å². The Morgan fingerprint density at radius 2 is 1.67 bits per heavy atom. The first kappa shape index (κ1) is 18.2. The highest BCUT2D eigenvalue weighted by atomic mass is 16.5. The molecule has 1 N–H and O–H groups in total.